The number of nitrogens with zero attached hydrogens (tertiary/aromatic N) is 2. The van der Waals surface area contributed by atoms with Gasteiger partial charge in [-0.05, 0) is 31.0 Å². The minimum atomic E-state index is 0.0521. The van der Waals surface area contributed by atoms with E-state index in [4.69, 9.17) is 0 Å². The fourth-order valence-corrected chi connectivity index (χ4v) is 2.05. The normalized spacial score (nSPS) is 10.8. The summed E-state index contributed by atoms with van der Waals surface area (Å²) in [5.74, 6) is 0.0521. The first kappa shape index (κ1) is 13.6. The maximum atomic E-state index is 11.8. The van der Waals surface area contributed by atoms with Crippen LogP contribution in [0.3, 0.4) is 0 Å². The molecule has 1 N–H and O–H groups in total. The number of hydrogen-bond donors (Lipinski definition) is 1. The van der Waals surface area contributed by atoms with Gasteiger partial charge >= 0.3 is 0 Å². The molecule has 0 atom stereocenters. The van der Waals surface area contributed by atoms with Crippen molar-refractivity contribution in [1.82, 2.24) is 14.7 Å². The Morgan fingerprint density at radius 2 is 2.26 bits per heavy atom. The van der Waals surface area contributed by atoms with Gasteiger partial charge in [-0.25, -0.2) is 4.98 Å². The molecule has 0 aliphatic heterocycles. The lowest BCUT2D eigenvalue weighted by Crippen LogP contribution is -2.26. The summed E-state index contributed by atoms with van der Waals surface area (Å²) in [4.78, 5) is 16.2. The zero-order valence-corrected chi connectivity index (χ0v) is 11.6. The Bertz CT molecular complexity index is 560. The van der Waals surface area contributed by atoms with Crippen molar-refractivity contribution < 1.29 is 4.79 Å². The molecule has 1 amide bonds. The zero-order chi connectivity index (χ0) is 13.7. The van der Waals surface area contributed by atoms with Crippen LogP contribution in [0.25, 0.3) is 5.65 Å². The molecule has 102 valence electrons. The average Bonchev–Trinajstić information content (AvgIpc) is 2.76. The van der Waals surface area contributed by atoms with Crippen LogP contribution in [-0.4, -0.2) is 21.8 Å². The molecule has 0 bridgehead atoms. The molecule has 19 heavy (non-hydrogen) atoms. The third kappa shape index (κ3) is 3.81. The van der Waals surface area contributed by atoms with Crippen LogP contribution in [-0.2, 0) is 11.2 Å². The van der Waals surface area contributed by atoms with E-state index in [-0.39, 0.29) is 5.91 Å². The maximum absolute atomic E-state index is 11.8. The number of fused-ring (bicyclic) bond motifs is 1. The van der Waals surface area contributed by atoms with Crippen LogP contribution in [0.2, 0.25) is 0 Å². The fraction of sp³-hybridized carbons (Fsp3) is 0.467. The molecule has 0 saturated heterocycles. The van der Waals surface area contributed by atoms with Crippen LogP contribution < -0.4 is 5.32 Å². The highest BCUT2D eigenvalue weighted by Crippen LogP contribution is 2.08. The standard InChI is InChI=1S/C15H21N3O/c1-3-4-5-7-16-15(19)10-13-11-18-8-6-12(2)9-14(18)17-13/h6,8-9,11H,3-5,7,10H2,1-2H3,(H,16,19). The average molecular weight is 259 g/mol. The summed E-state index contributed by atoms with van der Waals surface area (Å²) in [6.45, 7) is 4.95. The SMILES string of the molecule is CCCCCNC(=O)Cc1cn2ccc(C)cc2n1. The van der Waals surface area contributed by atoms with E-state index in [1.807, 2.05) is 35.9 Å². The van der Waals surface area contributed by atoms with Gasteiger partial charge in [0, 0.05) is 18.9 Å². The highest BCUT2D eigenvalue weighted by molar-refractivity contribution is 5.78. The van der Waals surface area contributed by atoms with Crippen LogP contribution in [0.4, 0.5) is 0 Å². The molecular weight excluding hydrogens is 238 g/mol. The second kappa shape index (κ2) is 6.36. The Morgan fingerprint density at radius 1 is 1.42 bits per heavy atom. The summed E-state index contributed by atoms with van der Waals surface area (Å²) in [5, 5.41) is 2.93. The van der Waals surface area contributed by atoms with Crippen molar-refractivity contribution in [3.8, 4) is 0 Å². The number of rotatable bonds is 6. The molecule has 0 spiro atoms. The van der Waals surface area contributed by atoms with Crippen LogP contribution in [0.1, 0.15) is 37.4 Å². The molecule has 0 radical (unpaired) electrons. The molecule has 0 unspecified atom stereocenters. The number of hydrogen-bond acceptors (Lipinski definition) is 2. The van der Waals surface area contributed by atoms with Crippen molar-refractivity contribution in [2.24, 2.45) is 0 Å². The van der Waals surface area contributed by atoms with Crippen LogP contribution in [0, 0.1) is 6.92 Å². The maximum Gasteiger partial charge on any atom is 0.226 e. The second-order valence-electron chi connectivity index (χ2n) is 4.94. The Morgan fingerprint density at radius 3 is 3.05 bits per heavy atom. The van der Waals surface area contributed by atoms with Crippen molar-refractivity contribution in [3.05, 3.63) is 35.8 Å². The summed E-state index contributed by atoms with van der Waals surface area (Å²) in [6, 6.07) is 4.05. The van der Waals surface area contributed by atoms with E-state index in [1.165, 1.54) is 12.0 Å². The van der Waals surface area contributed by atoms with Crippen molar-refractivity contribution in [3.63, 3.8) is 0 Å². The van der Waals surface area contributed by atoms with Crippen LogP contribution in [0.15, 0.2) is 24.5 Å². The van der Waals surface area contributed by atoms with Crippen LogP contribution >= 0.6 is 0 Å². The number of unbranched alkanes of at least 4 members (excludes halogenated alkanes) is 2. The highest BCUT2D eigenvalue weighted by atomic mass is 16.1. The van der Waals surface area contributed by atoms with E-state index < -0.39 is 0 Å². The van der Waals surface area contributed by atoms with E-state index in [9.17, 15) is 4.79 Å². The van der Waals surface area contributed by atoms with Crippen LogP contribution in [0.5, 0.6) is 0 Å². The number of carbonyl (C=O) groups is 1. The summed E-state index contributed by atoms with van der Waals surface area (Å²) in [7, 11) is 0. The lowest BCUT2D eigenvalue weighted by atomic mass is 10.2. The fourth-order valence-electron chi connectivity index (χ4n) is 2.05. The largest absolute Gasteiger partial charge is 0.356 e. The van der Waals surface area contributed by atoms with E-state index in [1.54, 1.807) is 0 Å². The number of pyridine rings is 1. The molecule has 2 aromatic rings. The number of aryl methyl sites for hydroxylation is 1. The van der Waals surface area contributed by atoms with Gasteiger partial charge in [-0.1, -0.05) is 19.8 Å². The monoisotopic (exact) mass is 259 g/mol. The third-order valence-corrected chi connectivity index (χ3v) is 3.11. The van der Waals surface area contributed by atoms with E-state index >= 15 is 0 Å². The predicted octanol–water partition coefficient (Wildman–Crippen LogP) is 2.49. The minimum absolute atomic E-state index is 0.0521. The van der Waals surface area contributed by atoms with Gasteiger partial charge in [0.1, 0.15) is 5.65 Å². The number of aromatic nitrogens is 2. The Labute approximate surface area is 113 Å². The molecule has 0 aromatic carbocycles. The summed E-state index contributed by atoms with van der Waals surface area (Å²) in [5.41, 5.74) is 2.89. The first-order valence-corrected chi connectivity index (χ1v) is 6.90. The lowest BCUT2D eigenvalue weighted by Gasteiger charge is -2.02. The van der Waals surface area contributed by atoms with Crippen molar-refractivity contribution in [2.75, 3.05) is 6.54 Å². The number of amides is 1. The number of imidazole rings is 1. The smallest absolute Gasteiger partial charge is 0.226 e. The molecular formula is C15H21N3O. The van der Waals surface area contributed by atoms with Gasteiger partial charge in [-0.15, -0.1) is 0 Å². The van der Waals surface area contributed by atoms with E-state index in [0.717, 1.165) is 30.7 Å². The van der Waals surface area contributed by atoms with Gasteiger partial charge in [0.05, 0.1) is 12.1 Å². The molecule has 4 nitrogen and oxygen atoms in total. The Balaban J connectivity index is 1.91. The van der Waals surface area contributed by atoms with Gasteiger partial charge in [0.2, 0.25) is 5.91 Å². The van der Waals surface area contributed by atoms with E-state index in [2.05, 4.69) is 17.2 Å². The minimum Gasteiger partial charge on any atom is -0.356 e. The Hall–Kier alpha value is -1.84. The third-order valence-electron chi connectivity index (χ3n) is 3.11. The van der Waals surface area contributed by atoms with Crippen molar-refractivity contribution >= 4 is 11.6 Å². The molecule has 0 aliphatic carbocycles. The molecule has 2 heterocycles. The molecule has 2 rings (SSSR count). The van der Waals surface area contributed by atoms with Gasteiger partial charge in [0.25, 0.3) is 0 Å². The van der Waals surface area contributed by atoms with Gasteiger partial charge in [0.15, 0.2) is 0 Å². The predicted molar refractivity (Wildman–Crippen MR) is 76.2 cm³/mol. The number of carbonyl (C=O) groups excluding carboxylic acids is 1. The highest BCUT2D eigenvalue weighted by Gasteiger charge is 2.07. The zero-order valence-electron chi connectivity index (χ0n) is 11.6. The second-order valence-corrected chi connectivity index (χ2v) is 4.94. The molecule has 2 aromatic heterocycles. The first-order chi connectivity index (χ1) is 9.19. The Kier molecular flexibility index (Phi) is 4.55. The number of nitrogens with one attached hydrogen (secondary N) is 1. The van der Waals surface area contributed by atoms with Crippen molar-refractivity contribution in [1.29, 1.82) is 0 Å². The molecule has 0 saturated carbocycles. The van der Waals surface area contributed by atoms with Crippen molar-refractivity contribution in [2.45, 2.75) is 39.5 Å². The molecule has 0 fully saturated rings. The van der Waals surface area contributed by atoms with Gasteiger partial charge in [-0.2, -0.15) is 0 Å². The lowest BCUT2D eigenvalue weighted by molar-refractivity contribution is -0.120. The van der Waals surface area contributed by atoms with E-state index in [0.29, 0.717) is 6.42 Å². The van der Waals surface area contributed by atoms with Gasteiger partial charge < -0.3 is 9.72 Å². The quantitative estimate of drug-likeness (QED) is 0.810. The van der Waals surface area contributed by atoms with Gasteiger partial charge in [-0.3, -0.25) is 4.79 Å². The molecule has 4 heteroatoms. The summed E-state index contributed by atoms with van der Waals surface area (Å²) < 4.78 is 1.95. The first-order valence-electron chi connectivity index (χ1n) is 6.90. The summed E-state index contributed by atoms with van der Waals surface area (Å²) >= 11 is 0. The topological polar surface area (TPSA) is 46.4 Å². The molecule has 0 aliphatic rings. The summed E-state index contributed by atoms with van der Waals surface area (Å²) in [6.07, 6.45) is 7.62.